The number of benzene rings is 1. The van der Waals surface area contributed by atoms with Crippen molar-refractivity contribution in [2.24, 2.45) is 5.73 Å². The maximum atomic E-state index is 13.7. The number of amides is 1. The van der Waals surface area contributed by atoms with Gasteiger partial charge < -0.3 is 20.7 Å². The van der Waals surface area contributed by atoms with E-state index in [9.17, 15) is 9.18 Å². The predicted octanol–water partition coefficient (Wildman–Crippen LogP) is 1.84. The number of hydrogen-bond donors (Lipinski definition) is 2. The molecule has 2 aromatic rings. The first-order valence-corrected chi connectivity index (χ1v) is 9.29. The van der Waals surface area contributed by atoms with Gasteiger partial charge >= 0.3 is 0 Å². The molecule has 1 fully saturated rings. The molecule has 28 heavy (non-hydrogen) atoms. The van der Waals surface area contributed by atoms with Gasteiger partial charge in [0.2, 0.25) is 0 Å². The summed E-state index contributed by atoms with van der Waals surface area (Å²) in [5.41, 5.74) is 7.60. The van der Waals surface area contributed by atoms with Crippen molar-refractivity contribution in [2.45, 2.75) is 12.5 Å². The number of carbonyl (C=O) groups is 1. The molecular weight excluding hydrogens is 385 g/mol. The summed E-state index contributed by atoms with van der Waals surface area (Å²) in [7, 11) is 0. The molecule has 4 rings (SSSR count). The fourth-order valence-corrected chi connectivity index (χ4v) is 3.22. The molecule has 146 valence electrons. The van der Waals surface area contributed by atoms with Crippen LogP contribution in [0, 0.1) is 5.82 Å². The first-order valence-electron chi connectivity index (χ1n) is 8.91. The largest absolute Gasteiger partial charge is 0.491 e. The standard InChI is InChI=1S/C19H19ClFN5O2/c20-11-6-24-18(25-7-11)15-8-26(9-16(15)22)19(27)14-2-1-12(21)5-17(14)28-10-13-3-4-23-13/h1-2,5-7,13,23H,3-4,8-10,22H2. The monoisotopic (exact) mass is 403 g/mol. The van der Waals surface area contributed by atoms with Gasteiger partial charge in [0.25, 0.3) is 5.91 Å². The van der Waals surface area contributed by atoms with Crippen LogP contribution in [0.3, 0.4) is 0 Å². The fourth-order valence-electron chi connectivity index (χ4n) is 3.12. The van der Waals surface area contributed by atoms with Crippen molar-refractivity contribution in [2.75, 3.05) is 26.2 Å². The lowest BCUT2D eigenvalue weighted by Gasteiger charge is -2.28. The molecule has 0 radical (unpaired) electrons. The normalized spacial score (nSPS) is 18.9. The van der Waals surface area contributed by atoms with Gasteiger partial charge in [0.1, 0.15) is 18.2 Å². The van der Waals surface area contributed by atoms with E-state index in [1.807, 2.05) is 0 Å². The summed E-state index contributed by atoms with van der Waals surface area (Å²) in [6.45, 7) is 1.82. The molecular formula is C19H19ClFN5O2. The molecule has 3 heterocycles. The molecule has 3 N–H and O–H groups in total. The van der Waals surface area contributed by atoms with Crippen LogP contribution < -0.4 is 15.8 Å². The van der Waals surface area contributed by atoms with Crippen LogP contribution in [0.25, 0.3) is 5.57 Å². The molecule has 1 amide bonds. The summed E-state index contributed by atoms with van der Waals surface area (Å²) < 4.78 is 19.4. The van der Waals surface area contributed by atoms with Gasteiger partial charge in [-0.15, -0.1) is 0 Å². The number of aromatic nitrogens is 2. The molecule has 1 saturated heterocycles. The Hall–Kier alpha value is -2.71. The maximum Gasteiger partial charge on any atom is 0.258 e. The second-order valence-electron chi connectivity index (χ2n) is 6.78. The summed E-state index contributed by atoms with van der Waals surface area (Å²) in [5, 5.41) is 3.63. The van der Waals surface area contributed by atoms with Crippen molar-refractivity contribution in [3.05, 3.63) is 58.5 Å². The van der Waals surface area contributed by atoms with Gasteiger partial charge in [-0.3, -0.25) is 4.79 Å². The molecule has 2 aliphatic heterocycles. The topological polar surface area (TPSA) is 93.4 Å². The Labute approximate surface area is 166 Å². The number of carbonyl (C=O) groups excluding carboxylic acids is 1. The summed E-state index contributed by atoms with van der Waals surface area (Å²) in [5.74, 6) is -0.0804. The smallest absolute Gasteiger partial charge is 0.258 e. The summed E-state index contributed by atoms with van der Waals surface area (Å²) >= 11 is 5.82. The lowest BCUT2D eigenvalue weighted by atomic mass is 10.1. The average molecular weight is 404 g/mol. The zero-order valence-electron chi connectivity index (χ0n) is 15.0. The number of nitrogens with one attached hydrogen (secondary N) is 1. The molecule has 1 aromatic carbocycles. The third-order valence-corrected chi connectivity index (χ3v) is 5.01. The van der Waals surface area contributed by atoms with E-state index in [0.717, 1.165) is 13.0 Å². The van der Waals surface area contributed by atoms with Crippen LogP contribution in [0.4, 0.5) is 4.39 Å². The van der Waals surface area contributed by atoms with Crippen molar-refractivity contribution >= 4 is 23.1 Å². The average Bonchev–Trinajstić information content (AvgIpc) is 3.02. The molecule has 9 heteroatoms. The van der Waals surface area contributed by atoms with E-state index in [1.54, 1.807) is 4.90 Å². The highest BCUT2D eigenvalue weighted by Crippen LogP contribution is 2.27. The number of hydrogen-bond acceptors (Lipinski definition) is 6. The van der Waals surface area contributed by atoms with Crippen molar-refractivity contribution in [1.82, 2.24) is 20.2 Å². The summed E-state index contributed by atoms with van der Waals surface area (Å²) in [6.07, 6.45) is 3.96. The zero-order valence-corrected chi connectivity index (χ0v) is 15.7. The van der Waals surface area contributed by atoms with E-state index >= 15 is 0 Å². The Balaban J connectivity index is 1.51. The van der Waals surface area contributed by atoms with E-state index in [4.69, 9.17) is 22.1 Å². The highest BCUT2D eigenvalue weighted by atomic mass is 35.5. The van der Waals surface area contributed by atoms with Crippen molar-refractivity contribution in [1.29, 1.82) is 0 Å². The van der Waals surface area contributed by atoms with Crippen LogP contribution in [0.15, 0.2) is 36.3 Å². The van der Waals surface area contributed by atoms with Crippen LogP contribution in [0.1, 0.15) is 22.6 Å². The fraction of sp³-hybridized carbons (Fsp3) is 0.316. The predicted molar refractivity (Wildman–Crippen MR) is 102 cm³/mol. The van der Waals surface area contributed by atoms with E-state index in [2.05, 4.69) is 15.3 Å². The highest BCUT2D eigenvalue weighted by molar-refractivity contribution is 6.30. The van der Waals surface area contributed by atoms with Gasteiger partial charge in [0, 0.05) is 35.8 Å². The van der Waals surface area contributed by atoms with Gasteiger partial charge in [0.05, 0.1) is 23.7 Å². The minimum absolute atomic E-state index is 0.226. The Kier molecular flexibility index (Phi) is 5.15. The molecule has 1 aromatic heterocycles. The first kappa shape index (κ1) is 18.6. The molecule has 0 saturated carbocycles. The number of halogens is 2. The van der Waals surface area contributed by atoms with Crippen molar-refractivity contribution in [3.8, 4) is 5.75 Å². The van der Waals surface area contributed by atoms with Crippen LogP contribution in [-0.2, 0) is 0 Å². The maximum absolute atomic E-state index is 13.7. The zero-order chi connectivity index (χ0) is 19.7. The van der Waals surface area contributed by atoms with Gasteiger partial charge in [-0.2, -0.15) is 0 Å². The highest BCUT2D eigenvalue weighted by Gasteiger charge is 2.29. The minimum atomic E-state index is -0.456. The Morgan fingerprint density at radius 3 is 2.79 bits per heavy atom. The van der Waals surface area contributed by atoms with Gasteiger partial charge in [0.15, 0.2) is 5.82 Å². The summed E-state index contributed by atoms with van der Waals surface area (Å²) in [4.78, 5) is 22.9. The molecule has 0 bridgehead atoms. The van der Waals surface area contributed by atoms with Gasteiger partial charge in [-0.25, -0.2) is 14.4 Å². The first-order chi connectivity index (χ1) is 13.5. The van der Waals surface area contributed by atoms with Crippen LogP contribution in [0.2, 0.25) is 5.02 Å². The van der Waals surface area contributed by atoms with E-state index < -0.39 is 5.82 Å². The Morgan fingerprint density at radius 2 is 2.11 bits per heavy atom. The number of rotatable bonds is 5. The van der Waals surface area contributed by atoms with Gasteiger partial charge in [-0.05, 0) is 25.1 Å². The SMILES string of the molecule is NC1=C(c2ncc(Cl)cn2)CN(C(=O)c2ccc(F)cc2OCC2CCN2)C1. The summed E-state index contributed by atoms with van der Waals surface area (Å²) in [6, 6.07) is 4.15. The lowest BCUT2D eigenvalue weighted by molar-refractivity contribution is 0.0793. The van der Waals surface area contributed by atoms with E-state index in [-0.39, 0.29) is 30.8 Å². The molecule has 2 aliphatic rings. The van der Waals surface area contributed by atoms with Crippen LogP contribution in [0.5, 0.6) is 5.75 Å². The molecule has 7 nitrogen and oxygen atoms in total. The third kappa shape index (κ3) is 3.79. The van der Waals surface area contributed by atoms with E-state index in [1.165, 1.54) is 30.6 Å². The second-order valence-corrected chi connectivity index (χ2v) is 7.22. The molecule has 0 aliphatic carbocycles. The number of nitrogens with zero attached hydrogens (tertiary/aromatic N) is 3. The quantitative estimate of drug-likeness (QED) is 0.791. The van der Waals surface area contributed by atoms with E-state index in [0.29, 0.717) is 34.3 Å². The molecule has 0 spiro atoms. The minimum Gasteiger partial charge on any atom is -0.491 e. The lowest BCUT2D eigenvalue weighted by Crippen LogP contribution is -2.46. The van der Waals surface area contributed by atoms with Crippen LogP contribution >= 0.6 is 11.6 Å². The molecule has 1 unspecified atom stereocenters. The Morgan fingerprint density at radius 1 is 1.36 bits per heavy atom. The van der Waals surface area contributed by atoms with Gasteiger partial charge in [-0.1, -0.05) is 11.6 Å². The number of ether oxygens (including phenoxy) is 1. The molecule has 1 atom stereocenters. The van der Waals surface area contributed by atoms with Crippen molar-refractivity contribution in [3.63, 3.8) is 0 Å². The Bertz CT molecular complexity index is 930. The van der Waals surface area contributed by atoms with Crippen molar-refractivity contribution < 1.29 is 13.9 Å². The third-order valence-electron chi connectivity index (χ3n) is 4.82. The van der Waals surface area contributed by atoms with Crippen LogP contribution in [-0.4, -0.2) is 53.1 Å². The number of nitrogens with two attached hydrogens (primary N) is 1. The second kappa shape index (κ2) is 7.73.